The predicted octanol–water partition coefficient (Wildman–Crippen LogP) is 5.00. The third-order valence-electron chi connectivity index (χ3n) is 3.96. The maximum Gasteiger partial charge on any atom is 0.134 e. The molecule has 0 aliphatic carbocycles. The normalized spacial score (nSPS) is 11.7. The van der Waals surface area contributed by atoms with Crippen molar-refractivity contribution in [1.82, 2.24) is 0 Å². The zero-order valence-corrected chi connectivity index (χ0v) is 16.2. The first-order chi connectivity index (χ1) is 12.5. The molecule has 0 aliphatic rings. The molecule has 2 aromatic rings. The van der Waals surface area contributed by atoms with E-state index in [2.05, 4.69) is 12.1 Å². The van der Waals surface area contributed by atoms with Gasteiger partial charge >= 0.3 is 0 Å². The number of hydrogen-bond donors (Lipinski definition) is 0. The second-order valence-corrected chi connectivity index (χ2v) is 6.14. The molecule has 138 valence electrons. The lowest BCUT2D eigenvalue weighted by atomic mass is 10.1. The van der Waals surface area contributed by atoms with Crippen molar-refractivity contribution in [3.8, 4) is 11.5 Å². The topological polar surface area (TPSA) is 40.0 Å². The summed E-state index contributed by atoms with van der Waals surface area (Å²) in [4.78, 5) is 4.99. The summed E-state index contributed by atoms with van der Waals surface area (Å²) in [6, 6.07) is 12.1. The van der Waals surface area contributed by atoms with E-state index in [9.17, 15) is 0 Å². The minimum Gasteiger partial charge on any atom is -0.490 e. The molecule has 0 radical (unpaired) electrons. The van der Waals surface area contributed by atoms with Crippen molar-refractivity contribution in [3.63, 3.8) is 0 Å². The number of hydrogen-bond acceptors (Lipinski definition) is 4. The van der Waals surface area contributed by atoms with Crippen LogP contribution >= 0.6 is 0 Å². The van der Waals surface area contributed by atoms with E-state index in [4.69, 9.17) is 14.3 Å². The Labute approximate surface area is 156 Å². The average molecular weight is 353 g/mol. The van der Waals surface area contributed by atoms with Gasteiger partial charge in [-0.25, -0.2) is 0 Å². The Morgan fingerprint density at radius 1 is 1.00 bits per heavy atom. The van der Waals surface area contributed by atoms with E-state index in [0.29, 0.717) is 13.2 Å². The minimum absolute atomic E-state index is 0.331. The fourth-order valence-electron chi connectivity index (χ4n) is 2.62. The van der Waals surface area contributed by atoms with Gasteiger partial charge in [-0.3, -0.25) is 0 Å². The van der Waals surface area contributed by atoms with E-state index in [1.54, 1.807) is 7.11 Å². The molecule has 0 atom stereocenters. The summed E-state index contributed by atoms with van der Waals surface area (Å²) < 4.78 is 11.8. The molecule has 0 unspecified atom stereocenters. The van der Waals surface area contributed by atoms with Gasteiger partial charge in [0, 0.05) is 5.56 Å². The second-order valence-electron chi connectivity index (χ2n) is 6.14. The summed E-state index contributed by atoms with van der Waals surface area (Å²) in [6.07, 6.45) is 3.95. The zero-order valence-electron chi connectivity index (χ0n) is 16.2. The first-order valence-corrected chi connectivity index (χ1v) is 8.70. The second kappa shape index (κ2) is 9.66. The highest BCUT2D eigenvalue weighted by Crippen LogP contribution is 2.28. The predicted molar refractivity (Wildman–Crippen MR) is 106 cm³/mol. The third-order valence-corrected chi connectivity index (χ3v) is 3.96. The van der Waals surface area contributed by atoms with Crippen LogP contribution in [0.2, 0.25) is 0 Å². The molecule has 0 saturated carbocycles. The minimum atomic E-state index is 0.331. The monoisotopic (exact) mass is 353 g/mol. The van der Waals surface area contributed by atoms with Crippen molar-refractivity contribution >= 4 is 5.71 Å². The number of rotatable bonds is 8. The maximum atomic E-state index is 6.07. The summed E-state index contributed by atoms with van der Waals surface area (Å²) >= 11 is 0. The summed E-state index contributed by atoms with van der Waals surface area (Å²) in [6.45, 7) is 8.96. The van der Waals surface area contributed by atoms with Crippen molar-refractivity contribution in [2.24, 2.45) is 5.16 Å². The Morgan fingerprint density at radius 2 is 1.65 bits per heavy atom. The molecule has 0 aliphatic heterocycles. The van der Waals surface area contributed by atoms with E-state index in [-0.39, 0.29) is 0 Å². The number of nitrogens with zero attached hydrogens (tertiary/aromatic N) is 1. The van der Waals surface area contributed by atoms with Crippen LogP contribution in [0, 0.1) is 20.8 Å². The highest BCUT2D eigenvalue weighted by Gasteiger charge is 2.11. The maximum absolute atomic E-state index is 6.07. The van der Waals surface area contributed by atoms with Crippen molar-refractivity contribution in [3.05, 3.63) is 70.8 Å². The first-order valence-electron chi connectivity index (χ1n) is 8.70. The smallest absolute Gasteiger partial charge is 0.134 e. The van der Waals surface area contributed by atoms with E-state index in [0.717, 1.165) is 33.9 Å². The van der Waals surface area contributed by atoms with Gasteiger partial charge in [0.2, 0.25) is 0 Å². The van der Waals surface area contributed by atoms with Gasteiger partial charge < -0.3 is 14.3 Å². The van der Waals surface area contributed by atoms with Gasteiger partial charge in [-0.1, -0.05) is 47.1 Å². The van der Waals surface area contributed by atoms with Gasteiger partial charge in [0.25, 0.3) is 0 Å². The van der Waals surface area contributed by atoms with Crippen molar-refractivity contribution in [2.45, 2.75) is 27.7 Å². The highest BCUT2D eigenvalue weighted by molar-refractivity contribution is 6.01. The Hall–Kier alpha value is -2.75. The van der Waals surface area contributed by atoms with Gasteiger partial charge in [0.15, 0.2) is 0 Å². The summed E-state index contributed by atoms with van der Waals surface area (Å²) in [5.74, 6) is 1.69. The van der Waals surface area contributed by atoms with Crippen LogP contribution in [-0.2, 0) is 4.84 Å². The van der Waals surface area contributed by atoms with Gasteiger partial charge in [-0.2, -0.15) is 0 Å². The van der Waals surface area contributed by atoms with Crippen LogP contribution in [0.15, 0.2) is 53.7 Å². The van der Waals surface area contributed by atoms with Crippen LogP contribution < -0.4 is 9.47 Å². The van der Waals surface area contributed by atoms with Crippen molar-refractivity contribution in [1.29, 1.82) is 0 Å². The average Bonchev–Trinajstić information content (AvgIpc) is 2.61. The van der Waals surface area contributed by atoms with Crippen LogP contribution in [-0.4, -0.2) is 26.0 Å². The lowest BCUT2D eigenvalue weighted by Crippen LogP contribution is -2.14. The molecule has 0 fully saturated rings. The largest absolute Gasteiger partial charge is 0.490 e. The lowest BCUT2D eigenvalue weighted by Gasteiger charge is -2.15. The van der Waals surface area contributed by atoms with Crippen LogP contribution in [0.25, 0.3) is 0 Å². The zero-order chi connectivity index (χ0) is 18.9. The molecule has 2 rings (SSSR count). The van der Waals surface area contributed by atoms with Gasteiger partial charge in [-0.15, -0.1) is 0 Å². The Morgan fingerprint density at radius 3 is 2.23 bits per heavy atom. The van der Waals surface area contributed by atoms with E-state index >= 15 is 0 Å². The third kappa shape index (κ3) is 5.38. The molecule has 0 N–H and O–H groups in total. The van der Waals surface area contributed by atoms with Crippen LogP contribution in [0.5, 0.6) is 11.5 Å². The van der Waals surface area contributed by atoms with Crippen molar-refractivity contribution in [2.75, 3.05) is 20.3 Å². The van der Waals surface area contributed by atoms with Crippen LogP contribution in [0.3, 0.4) is 0 Å². The molecule has 26 heavy (non-hydrogen) atoms. The molecule has 4 heteroatoms. The summed E-state index contributed by atoms with van der Waals surface area (Å²) in [5, 5.41) is 4.13. The molecule has 0 spiro atoms. The molecule has 0 aromatic heterocycles. The summed E-state index contributed by atoms with van der Waals surface area (Å²) in [5.41, 5.74) is 4.99. The fraction of sp³-hybridized carbons (Fsp3) is 0.318. The summed E-state index contributed by atoms with van der Waals surface area (Å²) in [7, 11) is 1.54. The molecule has 0 bridgehead atoms. The number of oxime groups is 1. The SMILES string of the molecule is C/C=C/COc1cc(C)c(OCC(=NOC)c2ccc(C)cc2)c(C)c1. The number of ether oxygens (including phenoxy) is 2. The van der Waals surface area contributed by atoms with Crippen LogP contribution in [0.4, 0.5) is 0 Å². The Balaban J connectivity index is 2.13. The number of benzene rings is 2. The number of aryl methyl sites for hydroxylation is 3. The Bertz CT molecular complexity index is 753. The molecule has 0 amide bonds. The lowest BCUT2D eigenvalue weighted by molar-refractivity contribution is 0.210. The van der Waals surface area contributed by atoms with Crippen LogP contribution in [0.1, 0.15) is 29.2 Å². The van der Waals surface area contributed by atoms with E-state index in [1.807, 2.05) is 69.3 Å². The standard InChI is InChI=1S/C22H27NO3/c1-6-7-12-25-20-13-17(3)22(18(4)14-20)26-15-21(23-24-5)19-10-8-16(2)9-11-19/h6-11,13-14H,12,15H2,1-5H3/b7-6+,23-21?. The Kier molecular flexibility index (Phi) is 7.27. The molecular weight excluding hydrogens is 326 g/mol. The molecule has 4 nitrogen and oxygen atoms in total. The van der Waals surface area contributed by atoms with Gasteiger partial charge in [0.05, 0.1) is 0 Å². The van der Waals surface area contributed by atoms with E-state index < -0.39 is 0 Å². The molecule has 2 aromatic carbocycles. The molecule has 0 heterocycles. The molecular formula is C22H27NO3. The number of allylic oxidation sites excluding steroid dienone is 1. The quantitative estimate of drug-likeness (QED) is 0.381. The first kappa shape index (κ1) is 19.6. The van der Waals surface area contributed by atoms with E-state index in [1.165, 1.54) is 5.56 Å². The molecule has 0 saturated heterocycles. The van der Waals surface area contributed by atoms with Gasteiger partial charge in [0.1, 0.15) is 37.5 Å². The fourth-order valence-corrected chi connectivity index (χ4v) is 2.62. The van der Waals surface area contributed by atoms with Gasteiger partial charge in [-0.05, 0) is 51.0 Å². The van der Waals surface area contributed by atoms with Crippen molar-refractivity contribution < 1.29 is 14.3 Å². The highest BCUT2D eigenvalue weighted by atomic mass is 16.6.